The average Bonchev–Trinajstić information content (AvgIpc) is 2.42. The quantitative estimate of drug-likeness (QED) is 0.269. The van der Waals surface area contributed by atoms with Gasteiger partial charge in [-0.15, -0.1) is 0 Å². The van der Waals surface area contributed by atoms with Crippen LogP contribution in [0.25, 0.3) is 0 Å². The predicted octanol–water partition coefficient (Wildman–Crippen LogP) is 1.24. The minimum atomic E-state index is -0.543. The number of Topliss-reactive ketones (excluding diaryl/α,β-unsaturated/α-hetero) is 1. The van der Waals surface area contributed by atoms with Crippen LogP contribution in [0, 0.1) is 5.92 Å². The van der Waals surface area contributed by atoms with Gasteiger partial charge in [-0.05, 0) is 19.3 Å². The lowest BCUT2D eigenvalue weighted by atomic mass is 10.2. The monoisotopic (exact) mass is 299 g/mol. The van der Waals surface area contributed by atoms with Crippen LogP contribution in [0.1, 0.15) is 33.6 Å². The fraction of sp³-hybridized carbons (Fsp3) is 0.667. The fourth-order valence-electron chi connectivity index (χ4n) is 1.26. The molecule has 120 valence electrons. The van der Waals surface area contributed by atoms with Gasteiger partial charge in [0.1, 0.15) is 6.61 Å². The zero-order valence-corrected chi connectivity index (χ0v) is 13.1. The molecule has 0 rings (SSSR count). The van der Waals surface area contributed by atoms with Crippen molar-refractivity contribution in [2.24, 2.45) is 5.92 Å². The fourth-order valence-corrected chi connectivity index (χ4v) is 1.26. The molecule has 0 bridgehead atoms. The lowest BCUT2D eigenvalue weighted by Crippen LogP contribution is -2.33. The maximum atomic E-state index is 11.5. The van der Waals surface area contributed by atoms with Crippen molar-refractivity contribution in [3.63, 3.8) is 0 Å². The van der Waals surface area contributed by atoms with Gasteiger partial charge in [0.25, 0.3) is 5.91 Å². The summed E-state index contributed by atoms with van der Waals surface area (Å²) in [5.74, 6) is -1.12. The minimum absolute atomic E-state index is 0.147. The van der Waals surface area contributed by atoms with Crippen LogP contribution in [0.15, 0.2) is 12.2 Å². The molecule has 0 aromatic rings. The first kappa shape index (κ1) is 19.3. The van der Waals surface area contributed by atoms with Crippen molar-refractivity contribution in [2.75, 3.05) is 26.4 Å². The maximum Gasteiger partial charge on any atom is 0.333 e. The van der Waals surface area contributed by atoms with Crippen molar-refractivity contribution < 1.29 is 23.9 Å². The van der Waals surface area contributed by atoms with Crippen LogP contribution in [0.5, 0.6) is 0 Å². The number of hydrogen-bond donors (Lipinski definition) is 1. The van der Waals surface area contributed by atoms with E-state index in [0.29, 0.717) is 31.1 Å². The molecule has 6 heteroatoms. The molecular weight excluding hydrogens is 274 g/mol. The Kier molecular flexibility index (Phi) is 10.1. The van der Waals surface area contributed by atoms with Crippen LogP contribution in [0.2, 0.25) is 0 Å². The molecule has 0 aromatic carbocycles. The molecule has 6 nitrogen and oxygen atoms in total. The molecule has 0 radical (unpaired) electrons. The summed E-state index contributed by atoms with van der Waals surface area (Å²) in [6.45, 7) is 10.2. The number of ether oxygens (including phenoxy) is 2. The second kappa shape index (κ2) is 11.0. The van der Waals surface area contributed by atoms with E-state index in [1.807, 2.05) is 13.8 Å². The smallest absolute Gasteiger partial charge is 0.333 e. The molecule has 0 unspecified atom stereocenters. The maximum absolute atomic E-state index is 11.5. The van der Waals surface area contributed by atoms with Gasteiger partial charge < -0.3 is 14.8 Å². The third-order valence-corrected chi connectivity index (χ3v) is 2.43. The highest BCUT2D eigenvalue weighted by atomic mass is 16.6. The van der Waals surface area contributed by atoms with Crippen molar-refractivity contribution in [1.29, 1.82) is 0 Å². The van der Waals surface area contributed by atoms with E-state index < -0.39 is 17.7 Å². The highest BCUT2D eigenvalue weighted by Crippen LogP contribution is 1.95. The summed E-state index contributed by atoms with van der Waals surface area (Å²) in [7, 11) is 0. The van der Waals surface area contributed by atoms with Gasteiger partial charge in [-0.3, -0.25) is 9.59 Å². The number of carbonyl (C=O) groups is 3. The van der Waals surface area contributed by atoms with E-state index in [1.165, 1.54) is 0 Å². The molecule has 0 saturated carbocycles. The Morgan fingerprint density at radius 2 is 1.81 bits per heavy atom. The summed E-state index contributed by atoms with van der Waals surface area (Å²) in [4.78, 5) is 33.9. The highest BCUT2D eigenvalue weighted by molar-refractivity contribution is 6.36. The highest BCUT2D eigenvalue weighted by Gasteiger charge is 2.12. The Morgan fingerprint density at radius 3 is 2.38 bits per heavy atom. The van der Waals surface area contributed by atoms with Crippen molar-refractivity contribution in [3.05, 3.63) is 12.2 Å². The average molecular weight is 299 g/mol. The van der Waals surface area contributed by atoms with Gasteiger partial charge in [-0.25, -0.2) is 4.79 Å². The molecule has 1 amide bonds. The van der Waals surface area contributed by atoms with E-state index in [4.69, 9.17) is 9.47 Å². The molecular formula is C15H25NO5. The van der Waals surface area contributed by atoms with E-state index in [-0.39, 0.29) is 19.6 Å². The van der Waals surface area contributed by atoms with E-state index in [1.54, 1.807) is 6.92 Å². The Bertz CT molecular complexity index is 376. The van der Waals surface area contributed by atoms with Crippen LogP contribution in [-0.4, -0.2) is 44.0 Å². The molecule has 1 N–H and O–H groups in total. The van der Waals surface area contributed by atoms with Gasteiger partial charge >= 0.3 is 5.97 Å². The number of hydrogen-bond acceptors (Lipinski definition) is 5. The van der Waals surface area contributed by atoms with E-state index in [0.717, 1.165) is 0 Å². The Labute approximate surface area is 125 Å². The van der Waals surface area contributed by atoms with Crippen molar-refractivity contribution >= 4 is 17.7 Å². The number of ketones is 1. The first-order chi connectivity index (χ1) is 9.84. The molecule has 0 aliphatic rings. The summed E-state index contributed by atoms with van der Waals surface area (Å²) in [5.41, 5.74) is 0.341. The lowest BCUT2D eigenvalue weighted by molar-refractivity contribution is -0.140. The third kappa shape index (κ3) is 10.7. The van der Waals surface area contributed by atoms with Gasteiger partial charge in [0.2, 0.25) is 5.78 Å². The molecule has 0 aliphatic carbocycles. The van der Waals surface area contributed by atoms with Crippen molar-refractivity contribution in [2.45, 2.75) is 33.6 Å². The zero-order chi connectivity index (χ0) is 16.3. The van der Waals surface area contributed by atoms with Crippen molar-refractivity contribution in [3.8, 4) is 0 Å². The predicted molar refractivity (Wildman–Crippen MR) is 78.7 cm³/mol. The molecule has 0 spiro atoms. The largest absolute Gasteiger partial charge is 0.460 e. The molecule has 0 atom stereocenters. The Morgan fingerprint density at radius 1 is 1.14 bits per heavy atom. The zero-order valence-electron chi connectivity index (χ0n) is 13.1. The first-order valence-corrected chi connectivity index (χ1v) is 7.06. The molecule has 21 heavy (non-hydrogen) atoms. The molecule has 0 aliphatic heterocycles. The number of esters is 1. The lowest BCUT2D eigenvalue weighted by Gasteiger charge is -2.07. The number of amides is 1. The number of carbonyl (C=O) groups excluding carboxylic acids is 3. The van der Waals surface area contributed by atoms with Crippen LogP contribution in [-0.2, 0) is 23.9 Å². The van der Waals surface area contributed by atoms with E-state index in [2.05, 4.69) is 11.9 Å². The third-order valence-electron chi connectivity index (χ3n) is 2.43. The topological polar surface area (TPSA) is 81.7 Å². The SMILES string of the molecule is C=C(C)C(=O)OCCOCCCC(=O)C(=O)NCC(C)C. The number of nitrogens with one attached hydrogen (secondary N) is 1. The summed E-state index contributed by atoms with van der Waals surface area (Å²) < 4.78 is 10.0. The van der Waals surface area contributed by atoms with Crippen LogP contribution in [0.3, 0.4) is 0 Å². The Balaban J connectivity index is 3.54. The van der Waals surface area contributed by atoms with E-state index >= 15 is 0 Å². The molecule has 0 fully saturated rings. The minimum Gasteiger partial charge on any atom is -0.460 e. The standard InChI is InChI=1S/C15H25NO5/c1-11(2)10-16-14(18)13(17)6-5-7-20-8-9-21-15(19)12(3)4/h11H,3,5-10H2,1-2,4H3,(H,16,18). The van der Waals surface area contributed by atoms with Crippen LogP contribution in [0.4, 0.5) is 0 Å². The summed E-state index contributed by atoms with van der Waals surface area (Å²) in [6, 6.07) is 0. The van der Waals surface area contributed by atoms with Gasteiger partial charge in [-0.1, -0.05) is 20.4 Å². The molecule has 0 heterocycles. The number of rotatable bonds is 11. The second-order valence-electron chi connectivity index (χ2n) is 5.16. The summed E-state index contributed by atoms with van der Waals surface area (Å²) >= 11 is 0. The molecule has 0 aromatic heterocycles. The second-order valence-corrected chi connectivity index (χ2v) is 5.16. The van der Waals surface area contributed by atoms with Crippen LogP contribution >= 0.6 is 0 Å². The van der Waals surface area contributed by atoms with Crippen molar-refractivity contribution in [1.82, 2.24) is 5.32 Å². The molecule has 0 saturated heterocycles. The van der Waals surface area contributed by atoms with Gasteiger partial charge in [0.15, 0.2) is 0 Å². The summed E-state index contributed by atoms with van der Waals surface area (Å²) in [6.07, 6.45) is 0.609. The Hall–Kier alpha value is -1.69. The summed E-state index contributed by atoms with van der Waals surface area (Å²) in [5, 5.41) is 2.57. The van der Waals surface area contributed by atoms with Gasteiger partial charge in [0.05, 0.1) is 6.61 Å². The first-order valence-electron chi connectivity index (χ1n) is 7.06. The van der Waals surface area contributed by atoms with Gasteiger partial charge in [-0.2, -0.15) is 0 Å². The van der Waals surface area contributed by atoms with Crippen LogP contribution < -0.4 is 5.32 Å². The normalized spacial score (nSPS) is 10.3. The van der Waals surface area contributed by atoms with E-state index in [9.17, 15) is 14.4 Å². The van der Waals surface area contributed by atoms with Gasteiger partial charge in [0, 0.05) is 25.1 Å².